The molecule has 26 heavy (non-hydrogen) atoms. The molecule has 0 bridgehead atoms. The number of hydrogen-bond donors (Lipinski definition) is 0. The summed E-state index contributed by atoms with van der Waals surface area (Å²) in [4.78, 5) is 12.1. The lowest BCUT2D eigenvalue weighted by atomic mass is 9.58. The van der Waals surface area contributed by atoms with Crippen LogP contribution < -0.4 is 0 Å². The van der Waals surface area contributed by atoms with Crippen LogP contribution in [0.25, 0.3) is 0 Å². The zero-order valence-corrected chi connectivity index (χ0v) is 16.8. The molecule has 3 atom stereocenters. The van der Waals surface area contributed by atoms with E-state index in [0.29, 0.717) is 24.4 Å². The smallest absolute Gasteiger partial charge is 0.310 e. The first-order valence-corrected chi connectivity index (χ1v) is 10.1. The zero-order chi connectivity index (χ0) is 18.8. The predicted molar refractivity (Wildman–Crippen MR) is 104 cm³/mol. The van der Waals surface area contributed by atoms with Crippen molar-refractivity contribution in [3.05, 3.63) is 35.9 Å². The molecule has 0 spiro atoms. The van der Waals surface area contributed by atoms with Crippen LogP contribution in [0.5, 0.6) is 0 Å². The molecule has 0 N–H and O–H groups in total. The third-order valence-corrected chi connectivity index (χ3v) is 6.70. The van der Waals surface area contributed by atoms with Crippen LogP contribution in [-0.4, -0.2) is 23.8 Å². The first-order valence-electron chi connectivity index (χ1n) is 10.1. The van der Waals surface area contributed by atoms with E-state index < -0.39 is 0 Å². The third kappa shape index (κ3) is 4.31. The average Bonchev–Trinajstić information content (AvgIpc) is 2.54. The summed E-state index contributed by atoms with van der Waals surface area (Å²) in [5.74, 6) is 0.468. The van der Waals surface area contributed by atoms with Gasteiger partial charge in [0.1, 0.15) is 0 Å². The van der Waals surface area contributed by atoms with Crippen LogP contribution >= 0.6 is 0 Å². The monoisotopic (exact) mass is 358 g/mol. The number of rotatable bonds is 5. The fraction of sp³-hybridized carbons (Fsp3) is 0.696. The van der Waals surface area contributed by atoms with Crippen molar-refractivity contribution in [2.75, 3.05) is 6.61 Å². The zero-order valence-electron chi connectivity index (χ0n) is 16.8. The van der Waals surface area contributed by atoms with E-state index in [-0.39, 0.29) is 17.2 Å². The van der Waals surface area contributed by atoms with E-state index in [4.69, 9.17) is 9.47 Å². The van der Waals surface area contributed by atoms with Crippen molar-refractivity contribution in [3.8, 4) is 0 Å². The van der Waals surface area contributed by atoms with Crippen molar-refractivity contribution in [1.82, 2.24) is 0 Å². The summed E-state index contributed by atoms with van der Waals surface area (Å²) >= 11 is 0. The predicted octanol–water partition coefficient (Wildman–Crippen LogP) is 5.32. The second kappa shape index (κ2) is 7.34. The molecule has 1 aliphatic heterocycles. The minimum absolute atomic E-state index is 0.0389. The van der Waals surface area contributed by atoms with Gasteiger partial charge in [-0.3, -0.25) is 4.79 Å². The maximum atomic E-state index is 12.1. The van der Waals surface area contributed by atoms with E-state index in [9.17, 15) is 4.79 Å². The molecule has 1 heterocycles. The molecule has 2 fully saturated rings. The van der Waals surface area contributed by atoms with Crippen molar-refractivity contribution in [2.45, 2.75) is 83.8 Å². The molecule has 0 radical (unpaired) electrons. The fourth-order valence-electron chi connectivity index (χ4n) is 5.32. The summed E-state index contributed by atoms with van der Waals surface area (Å²) in [6.45, 7) is 9.73. The molecule has 3 nitrogen and oxygen atoms in total. The molecule has 144 valence electrons. The van der Waals surface area contributed by atoms with E-state index in [0.717, 1.165) is 24.8 Å². The van der Waals surface area contributed by atoms with E-state index in [1.807, 2.05) is 30.3 Å². The van der Waals surface area contributed by atoms with Gasteiger partial charge in [-0.05, 0) is 56.4 Å². The Labute approximate surface area is 158 Å². The Morgan fingerprint density at radius 3 is 2.58 bits per heavy atom. The van der Waals surface area contributed by atoms with Crippen molar-refractivity contribution < 1.29 is 14.3 Å². The van der Waals surface area contributed by atoms with E-state index in [1.54, 1.807) is 0 Å². The second-order valence-electron chi connectivity index (χ2n) is 9.43. The summed E-state index contributed by atoms with van der Waals surface area (Å²) in [7, 11) is 0. The largest absolute Gasteiger partial charge is 0.465 e. The molecular formula is C23H34O3. The van der Waals surface area contributed by atoms with E-state index >= 15 is 0 Å². The average molecular weight is 359 g/mol. The third-order valence-electron chi connectivity index (χ3n) is 6.70. The lowest BCUT2D eigenvalue weighted by molar-refractivity contribution is -0.242. The van der Waals surface area contributed by atoms with Crippen LogP contribution in [0, 0.1) is 11.3 Å². The summed E-state index contributed by atoms with van der Waals surface area (Å²) in [5.41, 5.74) is 1.13. The van der Waals surface area contributed by atoms with Gasteiger partial charge < -0.3 is 9.47 Å². The number of ether oxygens (including phenoxy) is 2. The number of hydrogen-bond acceptors (Lipinski definition) is 3. The molecule has 1 aliphatic carbocycles. The van der Waals surface area contributed by atoms with E-state index in [1.165, 1.54) is 19.3 Å². The van der Waals surface area contributed by atoms with Crippen LogP contribution in [-0.2, 0) is 20.7 Å². The summed E-state index contributed by atoms with van der Waals surface area (Å²) in [6.07, 6.45) is 7.05. The molecule has 0 aromatic heterocycles. The lowest BCUT2D eigenvalue weighted by Crippen LogP contribution is -2.57. The van der Waals surface area contributed by atoms with Gasteiger partial charge in [-0.1, -0.05) is 50.6 Å². The number of carbonyl (C=O) groups is 1. The normalized spacial score (nSPS) is 33.3. The summed E-state index contributed by atoms with van der Waals surface area (Å²) < 4.78 is 12.2. The maximum Gasteiger partial charge on any atom is 0.310 e. The molecular weight excluding hydrogens is 324 g/mol. The fourth-order valence-corrected chi connectivity index (χ4v) is 5.32. The van der Waals surface area contributed by atoms with Crippen molar-refractivity contribution >= 4 is 5.97 Å². The van der Waals surface area contributed by atoms with Crippen LogP contribution in [0.3, 0.4) is 0 Å². The number of carbonyl (C=O) groups excluding carboxylic acids is 1. The van der Waals surface area contributed by atoms with Crippen LogP contribution in [0.15, 0.2) is 30.3 Å². The van der Waals surface area contributed by atoms with Crippen LogP contribution in [0.4, 0.5) is 0 Å². The number of benzene rings is 1. The second-order valence-corrected chi connectivity index (χ2v) is 9.43. The van der Waals surface area contributed by atoms with Gasteiger partial charge in [0, 0.05) is 6.42 Å². The molecule has 1 saturated heterocycles. The molecule has 3 rings (SSSR count). The quantitative estimate of drug-likeness (QED) is 0.669. The highest BCUT2D eigenvalue weighted by atomic mass is 16.5. The Kier molecular flexibility index (Phi) is 5.48. The van der Waals surface area contributed by atoms with Gasteiger partial charge in [-0.2, -0.15) is 0 Å². The van der Waals surface area contributed by atoms with Crippen molar-refractivity contribution in [3.63, 3.8) is 0 Å². The highest BCUT2D eigenvalue weighted by Crippen LogP contribution is 2.55. The number of fused-ring (bicyclic) bond motifs is 1. The molecule has 3 heteroatoms. The summed E-state index contributed by atoms with van der Waals surface area (Å²) in [6, 6.07) is 9.76. The Balaban J connectivity index is 1.51. The highest BCUT2D eigenvalue weighted by molar-refractivity contribution is 5.72. The van der Waals surface area contributed by atoms with Gasteiger partial charge in [0.15, 0.2) is 0 Å². The molecule has 1 aromatic carbocycles. The van der Waals surface area contributed by atoms with Gasteiger partial charge in [0.2, 0.25) is 0 Å². The minimum Gasteiger partial charge on any atom is -0.465 e. The van der Waals surface area contributed by atoms with Gasteiger partial charge in [-0.15, -0.1) is 0 Å². The Hall–Kier alpha value is -1.35. The Morgan fingerprint density at radius 1 is 1.12 bits per heavy atom. The van der Waals surface area contributed by atoms with Gasteiger partial charge >= 0.3 is 5.97 Å². The molecule has 1 saturated carbocycles. The SMILES string of the molecule is CC1(C)CCC[C@]2(C)O[C@](C)(CCOC(=O)Cc3ccccc3)CC[C@@H]12. The first kappa shape index (κ1) is 19.4. The summed E-state index contributed by atoms with van der Waals surface area (Å²) in [5, 5.41) is 0. The Bertz CT molecular complexity index is 624. The van der Waals surface area contributed by atoms with Gasteiger partial charge in [0.25, 0.3) is 0 Å². The Morgan fingerprint density at radius 2 is 1.85 bits per heavy atom. The molecule has 2 aliphatic rings. The lowest BCUT2D eigenvalue weighted by Gasteiger charge is -2.57. The van der Waals surface area contributed by atoms with Crippen LogP contribution in [0.2, 0.25) is 0 Å². The molecule has 0 unspecified atom stereocenters. The molecule has 0 amide bonds. The minimum atomic E-state index is -0.189. The van der Waals surface area contributed by atoms with Crippen molar-refractivity contribution in [1.29, 1.82) is 0 Å². The van der Waals surface area contributed by atoms with Gasteiger partial charge in [-0.25, -0.2) is 0 Å². The van der Waals surface area contributed by atoms with E-state index in [2.05, 4.69) is 27.7 Å². The van der Waals surface area contributed by atoms with Gasteiger partial charge in [0.05, 0.1) is 24.2 Å². The first-order chi connectivity index (χ1) is 12.2. The standard InChI is InChI=1S/C23H34O3/c1-21(2)12-8-13-23(4)19(21)11-14-22(3,26-23)15-16-25-20(24)17-18-9-6-5-7-10-18/h5-7,9-10,19H,8,11-17H2,1-4H3/t19-,22-,23-/m0/s1. The number of esters is 1. The highest BCUT2D eigenvalue weighted by Gasteiger charge is 2.53. The van der Waals surface area contributed by atoms with Crippen LogP contribution in [0.1, 0.15) is 71.8 Å². The topological polar surface area (TPSA) is 35.5 Å². The molecule has 1 aromatic rings. The van der Waals surface area contributed by atoms with Crippen molar-refractivity contribution in [2.24, 2.45) is 11.3 Å². The maximum absolute atomic E-state index is 12.1.